The molecule has 1 atom stereocenters. The molecule has 0 rings (SSSR count). The number of unbranched alkanes of at least 4 members (excludes halogenated alkanes) is 6. The van der Waals surface area contributed by atoms with Crippen LogP contribution in [0.1, 0.15) is 97.8 Å². The van der Waals surface area contributed by atoms with Crippen molar-refractivity contribution in [2.45, 2.75) is 109 Å². The number of carbonyl (C=O) groups excluding carboxylic acids is 1. The lowest BCUT2D eigenvalue weighted by Gasteiger charge is -2.42. The number of primary amides is 1. The number of aliphatic hydroxyl groups is 2. The standard InChI is InChI=1S/C18H37NO3/c1-4-7-10-13-17(21,14-11-8-5-2)18(22,16(19)20)15-12-9-6-3/h21-22H,4-15H2,1-3H3,(H2,19,20). The van der Waals surface area contributed by atoms with E-state index in [0.717, 1.165) is 51.4 Å². The Labute approximate surface area is 136 Å². The third-order valence-corrected chi connectivity index (χ3v) is 4.71. The molecule has 4 nitrogen and oxygen atoms in total. The number of rotatable bonds is 14. The largest absolute Gasteiger partial charge is 0.386 e. The highest BCUT2D eigenvalue weighted by Gasteiger charge is 2.52. The number of hydrogen-bond acceptors (Lipinski definition) is 3. The molecule has 0 aliphatic carbocycles. The quantitative estimate of drug-likeness (QED) is 0.428. The molecule has 1 amide bonds. The van der Waals surface area contributed by atoms with Gasteiger partial charge in [-0.25, -0.2) is 0 Å². The minimum Gasteiger partial charge on any atom is -0.386 e. The van der Waals surface area contributed by atoms with Crippen LogP contribution in [0.15, 0.2) is 0 Å². The number of hydrogen-bond donors (Lipinski definition) is 3. The van der Waals surface area contributed by atoms with Gasteiger partial charge < -0.3 is 15.9 Å². The summed E-state index contributed by atoms with van der Waals surface area (Å²) in [7, 11) is 0. The summed E-state index contributed by atoms with van der Waals surface area (Å²) in [6.45, 7) is 6.26. The monoisotopic (exact) mass is 315 g/mol. The van der Waals surface area contributed by atoms with Gasteiger partial charge in [-0.3, -0.25) is 4.79 Å². The Hall–Kier alpha value is -0.610. The Morgan fingerprint density at radius 1 is 0.773 bits per heavy atom. The second-order valence-corrected chi connectivity index (χ2v) is 6.63. The molecule has 0 bridgehead atoms. The van der Waals surface area contributed by atoms with Crippen molar-refractivity contribution >= 4 is 5.91 Å². The van der Waals surface area contributed by atoms with Crippen molar-refractivity contribution in [3.8, 4) is 0 Å². The molecule has 0 heterocycles. The zero-order chi connectivity index (χ0) is 17.1. The van der Waals surface area contributed by atoms with Crippen molar-refractivity contribution in [2.75, 3.05) is 0 Å². The van der Waals surface area contributed by atoms with Gasteiger partial charge in [-0.05, 0) is 25.7 Å². The molecule has 0 aromatic rings. The van der Waals surface area contributed by atoms with E-state index in [1.807, 2.05) is 0 Å². The molecule has 0 spiro atoms. The van der Waals surface area contributed by atoms with Crippen molar-refractivity contribution in [1.29, 1.82) is 0 Å². The number of carbonyl (C=O) groups is 1. The van der Waals surface area contributed by atoms with Gasteiger partial charge in [0.05, 0.1) is 0 Å². The molecule has 0 aliphatic heterocycles. The van der Waals surface area contributed by atoms with Crippen molar-refractivity contribution in [2.24, 2.45) is 5.73 Å². The number of amides is 1. The lowest BCUT2D eigenvalue weighted by atomic mass is 9.72. The van der Waals surface area contributed by atoms with Gasteiger partial charge >= 0.3 is 0 Å². The highest BCUT2D eigenvalue weighted by Crippen LogP contribution is 2.37. The minimum atomic E-state index is -1.80. The Kier molecular flexibility index (Phi) is 10.7. The summed E-state index contributed by atoms with van der Waals surface area (Å²) in [5, 5.41) is 22.0. The molecule has 0 fully saturated rings. The van der Waals surface area contributed by atoms with Crippen LogP contribution >= 0.6 is 0 Å². The van der Waals surface area contributed by atoms with Gasteiger partial charge in [0.1, 0.15) is 5.60 Å². The third kappa shape index (κ3) is 6.25. The van der Waals surface area contributed by atoms with Gasteiger partial charge in [0.2, 0.25) is 0 Å². The van der Waals surface area contributed by atoms with E-state index < -0.39 is 17.1 Å². The average Bonchev–Trinajstić information content (AvgIpc) is 2.47. The SMILES string of the molecule is CCCCCC(O)(CCCCC)C(O)(CCCCC)C(N)=O. The van der Waals surface area contributed by atoms with Gasteiger partial charge in [-0.15, -0.1) is 0 Å². The molecular weight excluding hydrogens is 278 g/mol. The molecule has 132 valence electrons. The van der Waals surface area contributed by atoms with E-state index in [1.165, 1.54) is 0 Å². The fourth-order valence-corrected chi connectivity index (χ4v) is 3.09. The van der Waals surface area contributed by atoms with Gasteiger partial charge in [0.15, 0.2) is 5.60 Å². The second kappa shape index (κ2) is 11.0. The maximum absolute atomic E-state index is 11.9. The first-order valence-electron chi connectivity index (χ1n) is 9.12. The molecule has 0 radical (unpaired) electrons. The Morgan fingerprint density at radius 3 is 1.45 bits per heavy atom. The zero-order valence-electron chi connectivity index (χ0n) is 14.9. The maximum atomic E-state index is 11.9. The molecule has 0 saturated carbocycles. The van der Waals surface area contributed by atoms with Gasteiger partial charge in [0.25, 0.3) is 5.91 Å². The smallest absolute Gasteiger partial charge is 0.252 e. The first-order valence-corrected chi connectivity index (χ1v) is 9.12. The van der Waals surface area contributed by atoms with Crippen molar-refractivity contribution < 1.29 is 15.0 Å². The average molecular weight is 315 g/mol. The molecule has 0 saturated heterocycles. The van der Waals surface area contributed by atoms with E-state index in [2.05, 4.69) is 20.8 Å². The maximum Gasteiger partial charge on any atom is 0.252 e. The Morgan fingerprint density at radius 2 is 1.14 bits per heavy atom. The van der Waals surface area contributed by atoms with E-state index in [9.17, 15) is 15.0 Å². The molecular formula is C18H37NO3. The fourth-order valence-electron chi connectivity index (χ4n) is 3.09. The van der Waals surface area contributed by atoms with Crippen LogP contribution in [-0.2, 0) is 4.79 Å². The van der Waals surface area contributed by atoms with Crippen molar-refractivity contribution in [3.05, 3.63) is 0 Å². The minimum absolute atomic E-state index is 0.255. The van der Waals surface area contributed by atoms with Crippen LogP contribution in [0.5, 0.6) is 0 Å². The molecule has 0 aromatic heterocycles. The van der Waals surface area contributed by atoms with Crippen LogP contribution in [0.4, 0.5) is 0 Å². The zero-order valence-corrected chi connectivity index (χ0v) is 14.9. The molecule has 0 aromatic carbocycles. The van der Waals surface area contributed by atoms with Crippen LogP contribution in [0.3, 0.4) is 0 Å². The Balaban J connectivity index is 5.10. The molecule has 22 heavy (non-hydrogen) atoms. The van der Waals surface area contributed by atoms with Crippen LogP contribution in [-0.4, -0.2) is 27.3 Å². The molecule has 4 heteroatoms. The van der Waals surface area contributed by atoms with Crippen molar-refractivity contribution in [1.82, 2.24) is 0 Å². The van der Waals surface area contributed by atoms with E-state index in [1.54, 1.807) is 0 Å². The highest BCUT2D eigenvalue weighted by atomic mass is 16.4. The van der Waals surface area contributed by atoms with Crippen LogP contribution in [0.2, 0.25) is 0 Å². The fraction of sp³-hybridized carbons (Fsp3) is 0.944. The van der Waals surface area contributed by atoms with Crippen LogP contribution in [0.25, 0.3) is 0 Å². The normalized spacial score (nSPS) is 14.8. The molecule has 4 N–H and O–H groups in total. The van der Waals surface area contributed by atoms with Gasteiger partial charge in [-0.1, -0.05) is 72.1 Å². The topological polar surface area (TPSA) is 83.6 Å². The van der Waals surface area contributed by atoms with Crippen molar-refractivity contribution in [3.63, 3.8) is 0 Å². The molecule has 0 aliphatic rings. The van der Waals surface area contributed by atoms with Gasteiger partial charge in [-0.2, -0.15) is 0 Å². The summed E-state index contributed by atoms with van der Waals surface area (Å²) in [4.78, 5) is 11.9. The Bertz CT molecular complexity index is 297. The van der Waals surface area contributed by atoms with E-state index in [-0.39, 0.29) is 6.42 Å². The summed E-state index contributed by atoms with van der Waals surface area (Å²) in [6, 6.07) is 0. The third-order valence-electron chi connectivity index (χ3n) is 4.71. The first-order chi connectivity index (χ1) is 10.4. The summed E-state index contributed by atoms with van der Waals surface area (Å²) >= 11 is 0. The predicted octanol–water partition coefficient (Wildman–Crippen LogP) is 3.67. The lowest BCUT2D eigenvalue weighted by Crippen LogP contribution is -2.61. The first kappa shape index (κ1) is 21.4. The van der Waals surface area contributed by atoms with E-state index in [4.69, 9.17) is 5.73 Å². The van der Waals surface area contributed by atoms with Crippen LogP contribution < -0.4 is 5.73 Å². The molecule has 1 unspecified atom stereocenters. The van der Waals surface area contributed by atoms with E-state index in [0.29, 0.717) is 19.3 Å². The summed E-state index contributed by atoms with van der Waals surface area (Å²) in [5.74, 6) is -0.779. The predicted molar refractivity (Wildman–Crippen MR) is 91.5 cm³/mol. The summed E-state index contributed by atoms with van der Waals surface area (Å²) in [6.07, 6.45) is 9.43. The van der Waals surface area contributed by atoms with Crippen LogP contribution in [0, 0.1) is 0 Å². The number of nitrogens with two attached hydrogens (primary N) is 1. The summed E-state index contributed by atoms with van der Waals surface area (Å²) < 4.78 is 0. The highest BCUT2D eigenvalue weighted by molar-refractivity contribution is 5.84. The van der Waals surface area contributed by atoms with Gasteiger partial charge in [0, 0.05) is 0 Å². The van der Waals surface area contributed by atoms with E-state index >= 15 is 0 Å². The summed E-state index contributed by atoms with van der Waals surface area (Å²) in [5.41, 5.74) is 2.30. The lowest BCUT2D eigenvalue weighted by molar-refractivity contribution is -0.181. The second-order valence-electron chi connectivity index (χ2n) is 6.63.